The molecule has 0 fully saturated rings. The highest BCUT2D eigenvalue weighted by Crippen LogP contribution is 2.10. The first-order chi connectivity index (χ1) is 8.26. The van der Waals surface area contributed by atoms with Gasteiger partial charge in [-0.15, -0.1) is 6.58 Å². The Bertz CT molecular complexity index is 418. The number of benzene rings is 1. The summed E-state index contributed by atoms with van der Waals surface area (Å²) in [5.41, 5.74) is 0.563. The Balaban J connectivity index is 2.32. The van der Waals surface area contributed by atoms with Crippen molar-refractivity contribution in [2.75, 3.05) is 13.2 Å². The first-order valence-electron chi connectivity index (χ1n) is 5.27. The molecule has 88 valence electrons. The van der Waals surface area contributed by atoms with Crippen LogP contribution in [0.1, 0.15) is 12.0 Å². The maximum atomic E-state index is 11.3. The number of nitrogens with zero attached hydrogens (tertiary/aromatic N) is 1. The number of amides is 1. The fourth-order valence-corrected chi connectivity index (χ4v) is 1.14. The summed E-state index contributed by atoms with van der Waals surface area (Å²) in [6, 6.07) is 8.62. The average molecular weight is 230 g/mol. The molecular formula is C13H14N2O2. The first-order valence-corrected chi connectivity index (χ1v) is 5.27. The lowest BCUT2D eigenvalue weighted by atomic mass is 10.2. The fourth-order valence-electron chi connectivity index (χ4n) is 1.14. The van der Waals surface area contributed by atoms with E-state index in [0.717, 1.165) is 6.42 Å². The maximum absolute atomic E-state index is 11.3. The first kappa shape index (κ1) is 12.8. The molecule has 0 heterocycles. The van der Waals surface area contributed by atoms with E-state index in [1.807, 2.05) is 6.07 Å². The van der Waals surface area contributed by atoms with Gasteiger partial charge < -0.3 is 10.1 Å². The monoisotopic (exact) mass is 230 g/mol. The molecule has 1 N–H and O–H groups in total. The Morgan fingerprint density at radius 3 is 2.76 bits per heavy atom. The lowest BCUT2D eigenvalue weighted by Crippen LogP contribution is -2.29. The molecule has 0 bridgehead atoms. The van der Waals surface area contributed by atoms with Crippen molar-refractivity contribution in [1.82, 2.24) is 5.32 Å². The number of rotatable bonds is 6. The highest BCUT2D eigenvalue weighted by molar-refractivity contribution is 5.77. The molecule has 0 aliphatic rings. The molecule has 0 spiro atoms. The van der Waals surface area contributed by atoms with Gasteiger partial charge in [-0.1, -0.05) is 6.08 Å². The summed E-state index contributed by atoms with van der Waals surface area (Å²) in [5.74, 6) is 0.402. The summed E-state index contributed by atoms with van der Waals surface area (Å²) < 4.78 is 5.25. The minimum absolute atomic E-state index is 0.0248. The van der Waals surface area contributed by atoms with Gasteiger partial charge in [0.1, 0.15) is 5.75 Å². The van der Waals surface area contributed by atoms with E-state index < -0.39 is 0 Å². The van der Waals surface area contributed by atoms with Gasteiger partial charge in [0.2, 0.25) is 0 Å². The predicted molar refractivity (Wildman–Crippen MR) is 64.5 cm³/mol. The summed E-state index contributed by atoms with van der Waals surface area (Å²) in [6.07, 6.45) is 2.48. The zero-order valence-corrected chi connectivity index (χ0v) is 9.48. The SMILES string of the molecule is C=CCCNC(=O)COc1ccc(C#N)cc1. The number of hydrogen-bond acceptors (Lipinski definition) is 3. The second-order valence-corrected chi connectivity index (χ2v) is 3.35. The zero-order valence-electron chi connectivity index (χ0n) is 9.48. The molecule has 1 aromatic rings. The summed E-state index contributed by atoms with van der Waals surface area (Å²) in [4.78, 5) is 11.3. The lowest BCUT2D eigenvalue weighted by Gasteiger charge is -2.06. The van der Waals surface area contributed by atoms with Crippen molar-refractivity contribution in [1.29, 1.82) is 5.26 Å². The number of carbonyl (C=O) groups excluding carboxylic acids is 1. The Labute approximate surface area is 101 Å². The van der Waals surface area contributed by atoms with E-state index in [0.29, 0.717) is 17.9 Å². The van der Waals surface area contributed by atoms with Gasteiger partial charge >= 0.3 is 0 Å². The van der Waals surface area contributed by atoms with Gasteiger partial charge in [-0.3, -0.25) is 4.79 Å². The molecule has 4 nitrogen and oxygen atoms in total. The van der Waals surface area contributed by atoms with Crippen molar-refractivity contribution in [3.8, 4) is 11.8 Å². The predicted octanol–water partition coefficient (Wildman–Crippen LogP) is 1.63. The normalized spacial score (nSPS) is 9.12. The second-order valence-electron chi connectivity index (χ2n) is 3.35. The van der Waals surface area contributed by atoms with Gasteiger partial charge in [-0.25, -0.2) is 0 Å². The van der Waals surface area contributed by atoms with Crippen molar-refractivity contribution in [3.05, 3.63) is 42.5 Å². The van der Waals surface area contributed by atoms with Crippen LogP contribution in [-0.2, 0) is 4.79 Å². The van der Waals surface area contributed by atoms with Crippen molar-refractivity contribution in [2.24, 2.45) is 0 Å². The third-order valence-electron chi connectivity index (χ3n) is 2.02. The standard InChI is InChI=1S/C13H14N2O2/c1-2-3-8-15-13(16)10-17-12-6-4-11(9-14)5-7-12/h2,4-7H,1,3,8,10H2,(H,15,16). The van der Waals surface area contributed by atoms with Gasteiger partial charge in [0.25, 0.3) is 5.91 Å². The van der Waals surface area contributed by atoms with Crippen molar-refractivity contribution in [3.63, 3.8) is 0 Å². The Kier molecular flexibility index (Phi) is 5.32. The van der Waals surface area contributed by atoms with E-state index in [-0.39, 0.29) is 12.5 Å². The van der Waals surface area contributed by atoms with Crippen LogP contribution in [0.2, 0.25) is 0 Å². The van der Waals surface area contributed by atoms with Gasteiger partial charge in [-0.05, 0) is 30.7 Å². The number of carbonyl (C=O) groups is 1. The molecule has 0 saturated carbocycles. The molecule has 0 radical (unpaired) electrons. The molecule has 0 saturated heterocycles. The molecule has 0 aromatic heterocycles. The average Bonchev–Trinajstić information content (AvgIpc) is 2.37. The highest BCUT2D eigenvalue weighted by Gasteiger charge is 2.01. The Morgan fingerprint density at radius 2 is 2.18 bits per heavy atom. The van der Waals surface area contributed by atoms with E-state index >= 15 is 0 Å². The van der Waals surface area contributed by atoms with Gasteiger partial charge in [0.15, 0.2) is 6.61 Å². The van der Waals surface area contributed by atoms with Crippen LogP contribution in [0.3, 0.4) is 0 Å². The number of hydrogen-bond donors (Lipinski definition) is 1. The molecular weight excluding hydrogens is 216 g/mol. The van der Waals surface area contributed by atoms with E-state index in [1.54, 1.807) is 30.3 Å². The number of nitrogens with one attached hydrogen (secondary N) is 1. The molecule has 4 heteroatoms. The third kappa shape index (κ3) is 4.85. The second kappa shape index (κ2) is 7.07. The van der Waals surface area contributed by atoms with Crippen LogP contribution in [0.15, 0.2) is 36.9 Å². The maximum Gasteiger partial charge on any atom is 0.257 e. The summed E-state index contributed by atoms with van der Waals surface area (Å²) in [7, 11) is 0. The molecule has 0 atom stereocenters. The molecule has 1 amide bonds. The molecule has 17 heavy (non-hydrogen) atoms. The zero-order chi connectivity index (χ0) is 12.5. The van der Waals surface area contributed by atoms with Crippen LogP contribution >= 0.6 is 0 Å². The minimum Gasteiger partial charge on any atom is -0.484 e. The fraction of sp³-hybridized carbons (Fsp3) is 0.231. The molecule has 1 rings (SSSR count). The van der Waals surface area contributed by atoms with E-state index in [9.17, 15) is 4.79 Å². The van der Waals surface area contributed by atoms with Crippen molar-refractivity contribution < 1.29 is 9.53 Å². The highest BCUT2D eigenvalue weighted by atomic mass is 16.5. The smallest absolute Gasteiger partial charge is 0.257 e. The Hall–Kier alpha value is -2.28. The van der Waals surface area contributed by atoms with Crippen LogP contribution in [0.4, 0.5) is 0 Å². The van der Waals surface area contributed by atoms with Crippen molar-refractivity contribution in [2.45, 2.75) is 6.42 Å². The van der Waals surface area contributed by atoms with Crippen LogP contribution in [0.25, 0.3) is 0 Å². The Morgan fingerprint density at radius 1 is 1.47 bits per heavy atom. The van der Waals surface area contributed by atoms with Crippen LogP contribution in [-0.4, -0.2) is 19.1 Å². The van der Waals surface area contributed by atoms with E-state index in [1.165, 1.54) is 0 Å². The topological polar surface area (TPSA) is 62.1 Å². The third-order valence-corrected chi connectivity index (χ3v) is 2.02. The molecule has 1 aromatic carbocycles. The molecule has 0 aliphatic heterocycles. The summed E-state index contributed by atoms with van der Waals surface area (Å²) in [5, 5.41) is 11.3. The number of nitriles is 1. The molecule has 0 unspecified atom stereocenters. The van der Waals surface area contributed by atoms with Crippen LogP contribution in [0, 0.1) is 11.3 Å². The largest absolute Gasteiger partial charge is 0.484 e. The van der Waals surface area contributed by atoms with E-state index in [2.05, 4.69) is 11.9 Å². The summed E-state index contributed by atoms with van der Waals surface area (Å²) >= 11 is 0. The van der Waals surface area contributed by atoms with Gasteiger partial charge in [0.05, 0.1) is 11.6 Å². The van der Waals surface area contributed by atoms with Gasteiger partial charge in [0, 0.05) is 6.54 Å². The quantitative estimate of drug-likeness (QED) is 0.596. The lowest BCUT2D eigenvalue weighted by molar-refractivity contribution is -0.123. The molecule has 0 aliphatic carbocycles. The number of ether oxygens (including phenoxy) is 1. The van der Waals surface area contributed by atoms with E-state index in [4.69, 9.17) is 10.00 Å². The van der Waals surface area contributed by atoms with Crippen LogP contribution in [0.5, 0.6) is 5.75 Å². The van der Waals surface area contributed by atoms with Crippen molar-refractivity contribution >= 4 is 5.91 Å². The van der Waals surface area contributed by atoms with Crippen LogP contribution < -0.4 is 10.1 Å². The summed E-state index contributed by atoms with van der Waals surface area (Å²) in [6.45, 7) is 4.10. The van der Waals surface area contributed by atoms with Gasteiger partial charge in [-0.2, -0.15) is 5.26 Å². The minimum atomic E-state index is -0.170.